The van der Waals surface area contributed by atoms with E-state index in [9.17, 15) is 4.79 Å². The van der Waals surface area contributed by atoms with E-state index < -0.39 is 5.78 Å². The number of benzene rings is 2. The Morgan fingerprint density at radius 3 is 2.26 bits per heavy atom. The van der Waals surface area contributed by atoms with Crippen LogP contribution in [-0.2, 0) is 9.53 Å². The summed E-state index contributed by atoms with van der Waals surface area (Å²) in [6.07, 6.45) is 0. The second kappa shape index (κ2) is 10.00. The molecule has 0 spiro atoms. The zero-order valence-corrected chi connectivity index (χ0v) is 16.1. The first-order valence-corrected chi connectivity index (χ1v) is 9.64. The van der Waals surface area contributed by atoms with Gasteiger partial charge in [-0.15, -0.1) is 0 Å². The van der Waals surface area contributed by atoms with Crippen molar-refractivity contribution in [2.45, 2.75) is 6.04 Å². The van der Waals surface area contributed by atoms with Crippen molar-refractivity contribution in [3.05, 3.63) is 77.7 Å². The van der Waals surface area contributed by atoms with Crippen LogP contribution in [0.4, 0.5) is 0 Å². The number of rotatable bonds is 8. The Labute approximate surface area is 166 Å². The van der Waals surface area contributed by atoms with Crippen molar-refractivity contribution in [3.8, 4) is 0 Å². The Kier molecular flexibility index (Phi) is 7.41. The van der Waals surface area contributed by atoms with Crippen molar-refractivity contribution in [2.24, 2.45) is 0 Å². The van der Waals surface area contributed by atoms with E-state index in [0.717, 1.165) is 37.7 Å². The molecule has 1 saturated heterocycles. The highest BCUT2D eigenvalue weighted by Crippen LogP contribution is 2.30. The van der Waals surface area contributed by atoms with Crippen LogP contribution in [0.25, 0.3) is 0 Å². The van der Waals surface area contributed by atoms with Crippen LogP contribution in [0.2, 0.25) is 5.02 Å². The van der Waals surface area contributed by atoms with Crippen molar-refractivity contribution in [2.75, 3.05) is 45.9 Å². The molecule has 1 heterocycles. The van der Waals surface area contributed by atoms with Crippen LogP contribution in [0.15, 0.2) is 54.6 Å². The van der Waals surface area contributed by atoms with Gasteiger partial charge < -0.3 is 4.74 Å². The maximum atomic E-state index is 10.7. The molecule has 0 amide bonds. The molecule has 142 valence electrons. The Bertz CT molecular complexity index is 713. The quantitative estimate of drug-likeness (QED) is 0.653. The fourth-order valence-electron chi connectivity index (χ4n) is 3.51. The van der Waals surface area contributed by atoms with Crippen LogP contribution < -0.4 is 0 Å². The monoisotopic (exact) mass is 384 g/mol. The lowest BCUT2D eigenvalue weighted by Crippen LogP contribution is -2.48. The van der Waals surface area contributed by atoms with E-state index in [2.05, 4.69) is 46.2 Å². The third-order valence-corrected chi connectivity index (χ3v) is 5.12. The summed E-state index contributed by atoms with van der Waals surface area (Å²) in [5, 5.41) is 0.756. The maximum absolute atomic E-state index is 10.7. The average molecular weight is 385 g/mol. The minimum atomic E-state index is -0.423. The highest BCUT2D eigenvalue weighted by atomic mass is 35.5. The van der Waals surface area contributed by atoms with Gasteiger partial charge in [0.05, 0.1) is 12.6 Å². The number of piperazine rings is 1. The Morgan fingerprint density at radius 2 is 1.63 bits per heavy atom. The van der Waals surface area contributed by atoms with Crippen LogP contribution in [0.3, 0.4) is 0 Å². The lowest BCUT2D eigenvalue weighted by Gasteiger charge is -2.39. The molecule has 5 heteroatoms. The van der Waals surface area contributed by atoms with E-state index in [0.29, 0.717) is 6.61 Å². The van der Waals surface area contributed by atoms with Gasteiger partial charge in [-0.1, -0.05) is 54.1 Å². The summed E-state index contributed by atoms with van der Waals surface area (Å²) in [5.74, 6) is -0.423. The summed E-state index contributed by atoms with van der Waals surface area (Å²) < 4.78 is 5.28. The second-order valence-electron chi connectivity index (χ2n) is 6.76. The van der Waals surface area contributed by atoms with Crippen molar-refractivity contribution in [3.63, 3.8) is 0 Å². The van der Waals surface area contributed by atoms with Crippen LogP contribution >= 0.6 is 11.6 Å². The Balaban J connectivity index is 1.63. The lowest BCUT2D eigenvalue weighted by atomic mass is 9.96. The number of carbonyl (C=O) groups is 1. The molecule has 0 aliphatic carbocycles. The summed E-state index contributed by atoms with van der Waals surface area (Å²) in [6, 6.07) is 19.0. The minimum Gasteiger partial charge on any atom is -0.372 e. The number of halogens is 1. The van der Waals surface area contributed by atoms with Gasteiger partial charge in [0.1, 0.15) is 6.61 Å². The van der Waals surface area contributed by atoms with E-state index >= 15 is 0 Å². The number of hydrogen-bond donors (Lipinski definition) is 0. The smallest absolute Gasteiger partial charge is 0.163 e. The lowest BCUT2D eigenvalue weighted by molar-refractivity contribution is -0.119. The van der Waals surface area contributed by atoms with Gasteiger partial charge >= 0.3 is 0 Å². The third-order valence-electron chi connectivity index (χ3n) is 4.87. The van der Waals surface area contributed by atoms with E-state index in [1.807, 2.05) is 18.2 Å². The molecule has 1 fully saturated rings. The molecule has 2 aromatic carbocycles. The molecule has 0 aromatic heterocycles. The first-order valence-electron chi connectivity index (χ1n) is 9.26. The van der Waals surface area contributed by atoms with Crippen molar-refractivity contribution >= 4 is 17.4 Å². The standard InChI is InChI=1S/C22H25ClN2O2/c1-18(26)17-27-16-15-24-11-13-25(14-12-24)22(19-5-3-2-4-6-19)20-7-9-21(23)10-8-20/h1-10,22H,11-17H2. The van der Waals surface area contributed by atoms with E-state index in [4.69, 9.17) is 23.3 Å². The first-order chi connectivity index (χ1) is 13.1. The summed E-state index contributed by atoms with van der Waals surface area (Å²) in [6.45, 7) is 10.3. The molecule has 1 aliphatic heterocycles. The molecule has 1 unspecified atom stereocenters. The van der Waals surface area contributed by atoms with Crippen LogP contribution in [0, 0.1) is 6.92 Å². The van der Waals surface area contributed by atoms with E-state index in [1.54, 1.807) is 0 Å². The molecule has 2 aromatic rings. The minimum absolute atomic E-state index is 0.00733. The molecule has 3 rings (SSSR count). The molecular weight excluding hydrogens is 360 g/mol. The average Bonchev–Trinajstić information content (AvgIpc) is 2.69. The van der Waals surface area contributed by atoms with Gasteiger partial charge in [0.15, 0.2) is 5.78 Å². The number of ketones is 1. The first kappa shape index (κ1) is 20.0. The van der Waals surface area contributed by atoms with Gasteiger partial charge in [-0.05, 0) is 23.3 Å². The predicted molar refractivity (Wildman–Crippen MR) is 108 cm³/mol. The Hall–Kier alpha value is -1.72. The van der Waals surface area contributed by atoms with Crippen LogP contribution in [0.5, 0.6) is 0 Å². The van der Waals surface area contributed by atoms with Crippen LogP contribution in [-0.4, -0.2) is 61.5 Å². The highest BCUT2D eigenvalue weighted by molar-refractivity contribution is 6.30. The zero-order chi connectivity index (χ0) is 19.1. The molecule has 2 radical (unpaired) electrons. The van der Waals surface area contributed by atoms with Gasteiger partial charge in [-0.3, -0.25) is 14.6 Å². The largest absolute Gasteiger partial charge is 0.372 e. The van der Waals surface area contributed by atoms with E-state index in [-0.39, 0.29) is 12.6 Å². The van der Waals surface area contributed by atoms with Gasteiger partial charge in [0, 0.05) is 44.7 Å². The molecule has 0 N–H and O–H groups in total. The maximum Gasteiger partial charge on any atom is 0.163 e. The van der Waals surface area contributed by atoms with Crippen LogP contribution in [0.1, 0.15) is 17.2 Å². The number of Topliss-reactive ketones (excluding diaryl/α,β-unsaturated/α-hetero) is 1. The molecule has 0 bridgehead atoms. The van der Waals surface area contributed by atoms with Gasteiger partial charge in [-0.2, -0.15) is 0 Å². The SMILES string of the molecule is [CH]C(=O)COCCN1CCN(C(c2ccccc2)c2ccc(Cl)cc2)CC1. The van der Waals surface area contributed by atoms with Crippen molar-refractivity contribution < 1.29 is 9.53 Å². The summed E-state index contributed by atoms with van der Waals surface area (Å²) in [7, 11) is 0. The number of ether oxygens (including phenoxy) is 1. The fourth-order valence-corrected chi connectivity index (χ4v) is 3.63. The number of hydrogen-bond acceptors (Lipinski definition) is 4. The molecule has 1 aliphatic rings. The van der Waals surface area contributed by atoms with Crippen molar-refractivity contribution in [1.82, 2.24) is 9.80 Å². The predicted octanol–water partition coefficient (Wildman–Crippen LogP) is 3.34. The molecule has 1 atom stereocenters. The van der Waals surface area contributed by atoms with Gasteiger partial charge in [0.2, 0.25) is 0 Å². The molecule has 0 saturated carbocycles. The molecule has 27 heavy (non-hydrogen) atoms. The van der Waals surface area contributed by atoms with Gasteiger partial charge in [-0.25, -0.2) is 0 Å². The summed E-state index contributed by atoms with van der Waals surface area (Å²) in [4.78, 5) is 15.6. The second-order valence-corrected chi connectivity index (χ2v) is 7.20. The third kappa shape index (κ3) is 5.88. The number of carbonyl (C=O) groups excluding carboxylic acids is 1. The normalized spacial score (nSPS) is 17.0. The van der Waals surface area contributed by atoms with Gasteiger partial charge in [0.25, 0.3) is 0 Å². The fraction of sp³-hybridized carbons (Fsp3) is 0.364. The summed E-state index contributed by atoms with van der Waals surface area (Å²) in [5.41, 5.74) is 2.54. The van der Waals surface area contributed by atoms with E-state index in [1.165, 1.54) is 11.1 Å². The number of nitrogens with zero attached hydrogens (tertiary/aromatic N) is 2. The molecular formula is C22H25ClN2O2. The zero-order valence-electron chi connectivity index (χ0n) is 15.4. The summed E-state index contributed by atoms with van der Waals surface area (Å²) >= 11 is 6.09. The topological polar surface area (TPSA) is 32.8 Å². The molecule has 4 nitrogen and oxygen atoms in total. The Morgan fingerprint density at radius 1 is 1.00 bits per heavy atom. The highest BCUT2D eigenvalue weighted by Gasteiger charge is 2.26. The van der Waals surface area contributed by atoms with Crippen molar-refractivity contribution in [1.29, 1.82) is 0 Å².